The summed E-state index contributed by atoms with van der Waals surface area (Å²) in [7, 11) is 0. The first-order valence-electron chi connectivity index (χ1n) is 23.4. The third-order valence-electron chi connectivity index (χ3n) is 15.8. The Hall–Kier alpha value is -7.28. The van der Waals surface area contributed by atoms with E-state index >= 15 is 0 Å². The fourth-order valence-electron chi connectivity index (χ4n) is 12.4. The predicted octanol–water partition coefficient (Wildman–Crippen LogP) is 17.7. The Morgan fingerprint density at radius 3 is 1.80 bits per heavy atom. The quantitative estimate of drug-likeness (QED) is 0.155. The van der Waals surface area contributed by atoms with E-state index in [1.807, 2.05) is 0 Å². The molecule has 0 heterocycles. The maximum Gasteiger partial charge on any atom is 0.0159 e. The average molecular weight is 831 g/mol. The van der Waals surface area contributed by atoms with E-state index in [4.69, 9.17) is 0 Å². The van der Waals surface area contributed by atoms with Gasteiger partial charge in [-0.2, -0.15) is 0 Å². The number of hydrogen-bond donors (Lipinski definition) is 0. The molecule has 0 fully saturated rings. The van der Waals surface area contributed by atoms with Crippen LogP contribution in [0, 0.1) is 6.92 Å². The molecule has 10 aromatic rings. The molecular weight excluding hydrogens is 781 g/mol. The van der Waals surface area contributed by atoms with Crippen LogP contribution in [0.1, 0.15) is 73.4 Å². The Morgan fingerprint density at radius 1 is 0.400 bits per heavy atom. The number of benzene rings is 10. The Kier molecular flexibility index (Phi) is 8.15. The van der Waals surface area contributed by atoms with Gasteiger partial charge in [0.15, 0.2) is 0 Å². The van der Waals surface area contributed by atoms with Gasteiger partial charge in [0.25, 0.3) is 0 Å². The normalized spacial score (nSPS) is 16.6. The van der Waals surface area contributed by atoms with Gasteiger partial charge in [-0.25, -0.2) is 0 Å². The van der Waals surface area contributed by atoms with Crippen LogP contribution in [-0.4, -0.2) is 0 Å². The number of aryl methyl sites for hydroxylation is 1. The Balaban J connectivity index is 1.11. The average Bonchev–Trinajstić information content (AvgIpc) is 3.71. The molecule has 1 unspecified atom stereocenters. The summed E-state index contributed by atoms with van der Waals surface area (Å²) < 4.78 is 0. The molecule has 310 valence electrons. The zero-order valence-corrected chi connectivity index (χ0v) is 37.8. The van der Waals surface area contributed by atoms with E-state index in [0.29, 0.717) is 5.92 Å². The van der Waals surface area contributed by atoms with Gasteiger partial charge in [-0.1, -0.05) is 191 Å². The molecule has 0 aliphatic heterocycles. The van der Waals surface area contributed by atoms with E-state index in [9.17, 15) is 0 Å². The minimum atomic E-state index is -0.115. The Labute approximate surface area is 382 Å². The standard InChI is InChI=1S/C65H50/c1-39-14-6-9-17-49(39)45-25-31-55-57(36-45)63(47-27-29-53-51-19-11-13-21-59(51)65(4,5)61(53)38-47)54-30-24-44(42-22-23-43-32-40-15-7-8-16-41(40)33-48(43)34-42)35-56(54)62(55)46-26-28-52-50-18-10-12-20-58(50)64(2,3)60(52)37-46/h6-27,29-38,52H,28H2,1-5H3. The zero-order chi connectivity index (χ0) is 43.8. The first kappa shape index (κ1) is 38.2. The highest BCUT2D eigenvalue weighted by Crippen LogP contribution is 2.56. The summed E-state index contributed by atoms with van der Waals surface area (Å²) in [5.74, 6) is 0.401. The van der Waals surface area contributed by atoms with Gasteiger partial charge in [0.1, 0.15) is 0 Å². The smallest absolute Gasteiger partial charge is 0.0159 e. The van der Waals surface area contributed by atoms with Crippen molar-refractivity contribution in [1.82, 2.24) is 0 Å². The van der Waals surface area contributed by atoms with Crippen molar-refractivity contribution in [2.24, 2.45) is 0 Å². The summed E-state index contributed by atoms with van der Waals surface area (Å²) in [6.45, 7) is 11.9. The van der Waals surface area contributed by atoms with Crippen molar-refractivity contribution in [3.8, 4) is 44.5 Å². The van der Waals surface area contributed by atoms with Crippen LogP contribution in [0.2, 0.25) is 0 Å². The van der Waals surface area contributed by atoms with Crippen molar-refractivity contribution >= 4 is 48.7 Å². The Morgan fingerprint density at radius 2 is 0.985 bits per heavy atom. The van der Waals surface area contributed by atoms with Crippen LogP contribution in [0.5, 0.6) is 0 Å². The number of allylic oxidation sites excluding steroid dienone is 4. The monoisotopic (exact) mass is 830 g/mol. The summed E-state index contributed by atoms with van der Waals surface area (Å²) in [6, 6.07) is 69.4. The van der Waals surface area contributed by atoms with E-state index in [1.165, 1.54) is 132 Å². The van der Waals surface area contributed by atoms with Crippen molar-refractivity contribution < 1.29 is 0 Å². The lowest BCUT2D eigenvalue weighted by molar-refractivity contribution is 0.613. The molecule has 3 aliphatic rings. The van der Waals surface area contributed by atoms with Gasteiger partial charge in [0, 0.05) is 16.7 Å². The van der Waals surface area contributed by atoms with Crippen LogP contribution in [0.4, 0.5) is 0 Å². The van der Waals surface area contributed by atoms with Gasteiger partial charge in [-0.15, -0.1) is 0 Å². The molecule has 10 aromatic carbocycles. The molecule has 0 heteroatoms. The van der Waals surface area contributed by atoms with Gasteiger partial charge in [-0.3, -0.25) is 0 Å². The van der Waals surface area contributed by atoms with Gasteiger partial charge < -0.3 is 0 Å². The SMILES string of the molecule is Cc1ccccc1-c1ccc2c(C3=CCC4C(=C3)C(C)(C)c3ccccc34)c3cc(-c4ccc5cc6ccccc6cc5c4)ccc3c(-c3ccc4c(c3)C(C)(C)c3ccccc3-4)c2c1. The molecule has 3 aliphatic carbocycles. The van der Waals surface area contributed by atoms with Crippen molar-refractivity contribution in [2.75, 3.05) is 0 Å². The van der Waals surface area contributed by atoms with Gasteiger partial charge in [-0.05, 0) is 176 Å². The van der Waals surface area contributed by atoms with E-state index in [0.717, 1.165) is 6.42 Å². The van der Waals surface area contributed by atoms with Crippen LogP contribution in [0.3, 0.4) is 0 Å². The van der Waals surface area contributed by atoms with Gasteiger partial charge in [0.2, 0.25) is 0 Å². The van der Waals surface area contributed by atoms with E-state index in [-0.39, 0.29) is 10.8 Å². The molecule has 1 atom stereocenters. The maximum atomic E-state index is 2.58. The summed E-state index contributed by atoms with van der Waals surface area (Å²) in [5, 5.41) is 10.2. The third-order valence-corrected chi connectivity index (χ3v) is 15.8. The second kappa shape index (κ2) is 13.9. The highest BCUT2D eigenvalue weighted by molar-refractivity contribution is 6.21. The zero-order valence-electron chi connectivity index (χ0n) is 37.8. The van der Waals surface area contributed by atoms with Crippen LogP contribution in [0.25, 0.3) is 93.2 Å². The maximum absolute atomic E-state index is 2.58. The first-order valence-corrected chi connectivity index (χ1v) is 23.4. The van der Waals surface area contributed by atoms with E-state index in [1.54, 1.807) is 0 Å². The van der Waals surface area contributed by atoms with Crippen molar-refractivity contribution in [3.63, 3.8) is 0 Å². The molecular formula is C65H50. The molecule has 0 amide bonds. The van der Waals surface area contributed by atoms with Crippen molar-refractivity contribution in [2.45, 2.75) is 57.8 Å². The summed E-state index contributed by atoms with van der Waals surface area (Å²) in [5.41, 5.74) is 21.3. The molecule has 0 saturated heterocycles. The van der Waals surface area contributed by atoms with Crippen LogP contribution >= 0.6 is 0 Å². The third kappa shape index (κ3) is 5.63. The largest absolute Gasteiger partial charge is 0.0757 e. The summed E-state index contributed by atoms with van der Waals surface area (Å²) >= 11 is 0. The van der Waals surface area contributed by atoms with Crippen LogP contribution in [0.15, 0.2) is 200 Å². The van der Waals surface area contributed by atoms with E-state index < -0.39 is 0 Å². The fourth-order valence-corrected chi connectivity index (χ4v) is 12.4. The molecule has 13 rings (SSSR count). The molecule has 0 spiro atoms. The minimum absolute atomic E-state index is 0.0560. The lowest BCUT2D eigenvalue weighted by atomic mass is 9.75. The number of rotatable bonds is 4. The highest BCUT2D eigenvalue weighted by atomic mass is 14.5. The second-order valence-electron chi connectivity index (χ2n) is 20.0. The van der Waals surface area contributed by atoms with Crippen LogP contribution in [-0.2, 0) is 10.8 Å². The lowest BCUT2D eigenvalue weighted by Crippen LogP contribution is -2.17. The highest BCUT2D eigenvalue weighted by Gasteiger charge is 2.42. The van der Waals surface area contributed by atoms with Gasteiger partial charge >= 0.3 is 0 Å². The summed E-state index contributed by atoms with van der Waals surface area (Å²) in [6.07, 6.45) is 6.13. The Bertz CT molecular complexity index is 3750. The molecule has 0 radical (unpaired) electrons. The van der Waals surface area contributed by atoms with Crippen molar-refractivity contribution in [1.29, 1.82) is 0 Å². The molecule has 0 bridgehead atoms. The van der Waals surface area contributed by atoms with Crippen molar-refractivity contribution in [3.05, 3.63) is 233 Å². The fraction of sp³-hybridized carbons (Fsp3) is 0.138. The number of fused-ring (bicyclic) bond motifs is 10. The van der Waals surface area contributed by atoms with Crippen LogP contribution < -0.4 is 0 Å². The van der Waals surface area contributed by atoms with Gasteiger partial charge in [0.05, 0.1) is 0 Å². The topological polar surface area (TPSA) is 0 Å². The molecule has 0 saturated carbocycles. The molecule has 65 heavy (non-hydrogen) atoms. The number of hydrogen-bond acceptors (Lipinski definition) is 0. The van der Waals surface area contributed by atoms with E-state index in [2.05, 4.69) is 229 Å². The summed E-state index contributed by atoms with van der Waals surface area (Å²) in [4.78, 5) is 0. The molecule has 0 N–H and O–H groups in total. The first-order chi connectivity index (χ1) is 31.6. The lowest BCUT2D eigenvalue weighted by Gasteiger charge is -2.28. The predicted molar refractivity (Wildman–Crippen MR) is 278 cm³/mol. The second-order valence-corrected chi connectivity index (χ2v) is 20.0. The minimum Gasteiger partial charge on any atom is -0.0757 e. The molecule has 0 aromatic heterocycles. The molecule has 0 nitrogen and oxygen atoms in total.